The number of hydrazine groups is 1. The number of aliphatic hydroxyl groups excluding tert-OH is 1. The summed E-state index contributed by atoms with van der Waals surface area (Å²) in [5.41, 5.74) is 12.4. The highest BCUT2D eigenvalue weighted by Gasteiger charge is 2.54. The Morgan fingerprint density at radius 3 is 1.95 bits per heavy atom. The number of anilines is 2. The van der Waals surface area contributed by atoms with Gasteiger partial charge in [0.1, 0.15) is 6.04 Å². The number of benzene rings is 4. The van der Waals surface area contributed by atoms with Gasteiger partial charge in [0.15, 0.2) is 0 Å². The van der Waals surface area contributed by atoms with Crippen LogP contribution in [-0.2, 0) is 16.1 Å². The van der Waals surface area contributed by atoms with Gasteiger partial charge in [-0.3, -0.25) is 19.7 Å². The highest BCUT2D eigenvalue weighted by molar-refractivity contribution is 6.24. The van der Waals surface area contributed by atoms with Crippen molar-refractivity contribution in [1.29, 1.82) is 0 Å². The normalized spacial score (nSPS) is 20.5. The molecule has 0 aliphatic carbocycles. The zero-order valence-corrected chi connectivity index (χ0v) is 23.6. The molecule has 4 aromatic rings. The van der Waals surface area contributed by atoms with E-state index in [0.717, 1.165) is 16.7 Å². The number of fused-ring (bicyclic) bond motifs is 1. The van der Waals surface area contributed by atoms with Crippen molar-refractivity contribution in [2.45, 2.75) is 30.7 Å². The number of aliphatic hydroxyl groups is 1. The third-order valence-electron chi connectivity index (χ3n) is 8.23. The van der Waals surface area contributed by atoms with Crippen molar-refractivity contribution in [3.63, 3.8) is 0 Å². The Balaban J connectivity index is 1.41. The topological polar surface area (TPSA) is 142 Å². The molecule has 1 fully saturated rings. The van der Waals surface area contributed by atoms with Crippen LogP contribution in [0.1, 0.15) is 22.6 Å². The molecule has 4 atom stereocenters. The minimum absolute atomic E-state index is 0.0870. The third-order valence-corrected chi connectivity index (χ3v) is 8.23. The number of nitrogens with two attached hydrogens (primary N) is 1. The van der Waals surface area contributed by atoms with E-state index in [9.17, 15) is 24.8 Å². The summed E-state index contributed by atoms with van der Waals surface area (Å²) in [6.45, 7) is 0.326. The number of nitrogens with one attached hydrogen (secondary N) is 1. The van der Waals surface area contributed by atoms with Crippen molar-refractivity contribution in [2.75, 3.05) is 10.3 Å². The van der Waals surface area contributed by atoms with Gasteiger partial charge in [0.05, 0.1) is 28.7 Å². The summed E-state index contributed by atoms with van der Waals surface area (Å²) in [5, 5.41) is 25.1. The number of hydrogen-bond acceptors (Lipinski definition) is 8. The summed E-state index contributed by atoms with van der Waals surface area (Å²) in [7, 11) is 0. The van der Waals surface area contributed by atoms with E-state index in [-0.39, 0.29) is 11.6 Å². The quantitative estimate of drug-likeness (QED) is 0.113. The number of carbonyl (C=O) groups is 2. The summed E-state index contributed by atoms with van der Waals surface area (Å²) in [4.78, 5) is 39.8. The number of imide groups is 1. The molecule has 0 spiro atoms. The van der Waals surface area contributed by atoms with E-state index in [1.165, 1.54) is 29.2 Å². The minimum Gasteiger partial charge on any atom is -0.390 e. The molecule has 10 nitrogen and oxygen atoms in total. The van der Waals surface area contributed by atoms with Crippen LogP contribution in [0.4, 0.5) is 17.1 Å². The van der Waals surface area contributed by atoms with Crippen LogP contribution in [0, 0.1) is 16.0 Å². The molecule has 2 aliphatic rings. The predicted octanol–water partition coefficient (Wildman–Crippen LogP) is 4.37. The number of rotatable bonds is 9. The maximum Gasteiger partial charge on any atom is 0.269 e. The van der Waals surface area contributed by atoms with Crippen LogP contribution in [-0.4, -0.2) is 45.0 Å². The van der Waals surface area contributed by atoms with Crippen LogP contribution in [0.2, 0.25) is 0 Å². The number of non-ortho nitro benzene ring substituents is 1. The summed E-state index contributed by atoms with van der Waals surface area (Å²) in [6, 6.07) is 30.2. The second-order valence-corrected chi connectivity index (χ2v) is 10.8. The van der Waals surface area contributed by atoms with Gasteiger partial charge in [-0.25, -0.2) is 9.91 Å². The Labute approximate surface area is 254 Å². The Morgan fingerprint density at radius 1 is 0.818 bits per heavy atom. The second kappa shape index (κ2) is 12.2. The molecule has 44 heavy (non-hydrogen) atoms. The standard InChI is InChI=1S/C34H31N5O5/c35-21-22-11-15-26(16-12-22)37-33(41)28-19-20-29(32(40)30(23-7-3-1-4-8-23)24-9-5-2-6-10-24)38(31(28)34(37)42)36-25-13-17-27(18-14-25)39(43)44/h1-20,28-32,36,40H,21,35H2/t28?,29?,31-,32+/m0/s1. The fraction of sp³-hybridized carbons (Fsp3) is 0.176. The molecule has 222 valence electrons. The molecular formula is C34H31N5O5. The first-order chi connectivity index (χ1) is 21.4. The Morgan fingerprint density at radius 2 is 1.41 bits per heavy atom. The average Bonchev–Trinajstić information content (AvgIpc) is 3.31. The predicted molar refractivity (Wildman–Crippen MR) is 166 cm³/mol. The molecule has 0 aromatic heterocycles. The zero-order valence-electron chi connectivity index (χ0n) is 23.6. The fourth-order valence-corrected chi connectivity index (χ4v) is 6.04. The Hall–Kier alpha value is -5.16. The van der Waals surface area contributed by atoms with E-state index >= 15 is 0 Å². The van der Waals surface area contributed by atoms with Crippen molar-refractivity contribution < 1.29 is 19.6 Å². The molecule has 10 heteroatoms. The van der Waals surface area contributed by atoms with Crippen LogP contribution in [0.15, 0.2) is 121 Å². The number of carbonyl (C=O) groups excluding carboxylic acids is 2. The smallest absolute Gasteiger partial charge is 0.269 e. The highest BCUT2D eigenvalue weighted by Crippen LogP contribution is 2.39. The lowest BCUT2D eigenvalue weighted by atomic mass is 9.81. The molecule has 4 N–H and O–H groups in total. The lowest BCUT2D eigenvalue weighted by Crippen LogP contribution is -2.58. The van der Waals surface area contributed by atoms with E-state index in [2.05, 4.69) is 5.43 Å². The van der Waals surface area contributed by atoms with Crippen molar-refractivity contribution in [1.82, 2.24) is 5.01 Å². The SMILES string of the molecule is NCc1ccc(N2C(=O)C3C=CC([C@@H](O)C(c4ccccc4)c4ccccc4)N(Nc4ccc([N+](=O)[O-])cc4)[C@@H]3C2=O)cc1. The molecule has 1 saturated heterocycles. The van der Waals surface area contributed by atoms with Gasteiger partial charge in [0.2, 0.25) is 5.91 Å². The Kier molecular flexibility index (Phi) is 8.03. The van der Waals surface area contributed by atoms with E-state index < -0.39 is 40.9 Å². The Bertz CT molecular complexity index is 1640. The lowest BCUT2D eigenvalue weighted by molar-refractivity contribution is -0.384. The average molecular weight is 590 g/mol. The minimum atomic E-state index is -1.07. The summed E-state index contributed by atoms with van der Waals surface area (Å²) in [6.07, 6.45) is 2.40. The van der Waals surface area contributed by atoms with Crippen molar-refractivity contribution in [3.8, 4) is 0 Å². The summed E-state index contributed by atoms with van der Waals surface area (Å²) < 4.78 is 0. The van der Waals surface area contributed by atoms with E-state index in [1.54, 1.807) is 41.4 Å². The van der Waals surface area contributed by atoms with Gasteiger partial charge < -0.3 is 16.3 Å². The van der Waals surface area contributed by atoms with E-state index in [0.29, 0.717) is 17.9 Å². The first-order valence-corrected chi connectivity index (χ1v) is 14.3. The van der Waals surface area contributed by atoms with Gasteiger partial charge in [-0.05, 0) is 41.0 Å². The number of hydrogen-bond donors (Lipinski definition) is 3. The molecule has 4 aromatic carbocycles. The first-order valence-electron chi connectivity index (χ1n) is 14.3. The summed E-state index contributed by atoms with van der Waals surface area (Å²) >= 11 is 0. The molecule has 2 unspecified atom stereocenters. The van der Waals surface area contributed by atoms with Crippen LogP contribution >= 0.6 is 0 Å². The lowest BCUT2D eigenvalue weighted by Gasteiger charge is -2.42. The summed E-state index contributed by atoms with van der Waals surface area (Å²) in [5.74, 6) is -2.13. The van der Waals surface area contributed by atoms with Gasteiger partial charge in [0, 0.05) is 30.3 Å². The molecule has 0 bridgehead atoms. The van der Waals surface area contributed by atoms with Crippen LogP contribution in [0.25, 0.3) is 0 Å². The molecule has 2 amide bonds. The molecular weight excluding hydrogens is 558 g/mol. The largest absolute Gasteiger partial charge is 0.390 e. The molecule has 2 aliphatic heterocycles. The van der Waals surface area contributed by atoms with Crippen molar-refractivity contribution >= 4 is 28.9 Å². The fourth-order valence-electron chi connectivity index (χ4n) is 6.04. The monoisotopic (exact) mass is 589 g/mol. The van der Waals surface area contributed by atoms with Gasteiger partial charge in [0.25, 0.3) is 11.6 Å². The molecule has 0 radical (unpaired) electrons. The second-order valence-electron chi connectivity index (χ2n) is 10.8. The number of amides is 2. The number of nitro benzene ring substituents is 1. The van der Waals surface area contributed by atoms with Crippen LogP contribution in [0.5, 0.6) is 0 Å². The first kappa shape index (κ1) is 28.9. The maximum atomic E-state index is 14.1. The van der Waals surface area contributed by atoms with Gasteiger partial charge in [-0.2, -0.15) is 0 Å². The van der Waals surface area contributed by atoms with E-state index in [4.69, 9.17) is 5.73 Å². The number of nitro groups is 1. The maximum absolute atomic E-state index is 14.1. The van der Waals surface area contributed by atoms with Crippen LogP contribution in [0.3, 0.4) is 0 Å². The number of nitrogens with zero attached hydrogens (tertiary/aromatic N) is 3. The third kappa shape index (κ3) is 5.37. The molecule has 2 heterocycles. The van der Waals surface area contributed by atoms with Gasteiger partial charge in [-0.15, -0.1) is 0 Å². The van der Waals surface area contributed by atoms with Crippen molar-refractivity contribution in [3.05, 3.63) is 148 Å². The van der Waals surface area contributed by atoms with Crippen molar-refractivity contribution in [2.24, 2.45) is 11.7 Å². The van der Waals surface area contributed by atoms with E-state index in [1.807, 2.05) is 60.7 Å². The van der Waals surface area contributed by atoms with Gasteiger partial charge >= 0.3 is 0 Å². The zero-order chi connectivity index (χ0) is 30.8. The van der Waals surface area contributed by atoms with Crippen LogP contribution < -0.4 is 16.1 Å². The molecule has 6 rings (SSSR count). The highest BCUT2D eigenvalue weighted by atomic mass is 16.6. The van der Waals surface area contributed by atoms with Gasteiger partial charge in [-0.1, -0.05) is 84.9 Å². The molecule has 0 saturated carbocycles.